The maximum atomic E-state index is 11.5. The molecule has 0 aliphatic carbocycles. The lowest BCUT2D eigenvalue weighted by Crippen LogP contribution is -2.30. The Morgan fingerprint density at radius 1 is 1.19 bits per heavy atom. The van der Waals surface area contributed by atoms with E-state index in [9.17, 15) is 13.2 Å². The molecule has 0 heterocycles. The van der Waals surface area contributed by atoms with E-state index in [2.05, 4.69) is 10.1 Å². The number of carbonyl (C=O) groups excluding carboxylic acids is 1. The molecule has 0 atom stereocenters. The first kappa shape index (κ1) is 15.2. The second-order valence-electron chi connectivity index (χ2n) is 3.51. The van der Waals surface area contributed by atoms with Crippen molar-refractivity contribution in [1.82, 2.24) is 5.32 Å². The molecule has 0 saturated heterocycles. The monoisotopic (exact) mass is 251 g/mol. The number of rotatable bonds is 8. The number of amides is 1. The maximum Gasteiger partial charge on any atom is 0.407 e. The molecule has 0 radical (unpaired) electrons. The van der Waals surface area contributed by atoms with Gasteiger partial charge in [0.25, 0.3) is 0 Å². The van der Waals surface area contributed by atoms with Crippen molar-refractivity contribution in [2.24, 2.45) is 0 Å². The lowest BCUT2D eigenvalue weighted by molar-refractivity contribution is 0.153. The largest absolute Gasteiger partial charge is 0.450 e. The maximum absolute atomic E-state index is 11.5. The Morgan fingerprint density at radius 3 is 2.44 bits per heavy atom. The van der Waals surface area contributed by atoms with Gasteiger partial charge in [-0.05, 0) is 13.3 Å². The quantitative estimate of drug-likeness (QED) is 0.661. The minimum absolute atomic E-state index is 0.0183. The number of alkyl carbamates (subject to hydrolysis) is 1. The second kappa shape index (κ2) is 8.38. The molecule has 0 aromatic rings. The predicted molar refractivity (Wildman–Crippen MR) is 63.2 cm³/mol. The zero-order valence-electron chi connectivity index (χ0n) is 9.99. The molecule has 0 aromatic heterocycles. The summed E-state index contributed by atoms with van der Waals surface area (Å²) in [5, 5.41) is 2.39. The number of carbonyl (C=O) groups is 1. The molecule has 0 aliphatic rings. The third-order valence-electron chi connectivity index (χ3n) is 2.02. The van der Waals surface area contributed by atoms with Crippen LogP contribution in [-0.4, -0.2) is 39.2 Å². The summed E-state index contributed by atoms with van der Waals surface area (Å²) in [5.41, 5.74) is 0. The van der Waals surface area contributed by atoms with Crippen LogP contribution in [0.5, 0.6) is 0 Å². The Morgan fingerprint density at radius 2 is 1.88 bits per heavy atom. The molecule has 96 valence electrons. The van der Waals surface area contributed by atoms with Gasteiger partial charge in [0.05, 0.1) is 18.1 Å². The second-order valence-corrected chi connectivity index (χ2v) is 5.81. The summed E-state index contributed by atoms with van der Waals surface area (Å²) in [6, 6.07) is 0. The van der Waals surface area contributed by atoms with Gasteiger partial charge in [-0.15, -0.1) is 0 Å². The van der Waals surface area contributed by atoms with Crippen LogP contribution in [0.25, 0.3) is 0 Å². The van der Waals surface area contributed by atoms with Crippen LogP contribution >= 0.6 is 0 Å². The van der Waals surface area contributed by atoms with Gasteiger partial charge >= 0.3 is 6.09 Å². The highest BCUT2D eigenvalue weighted by molar-refractivity contribution is 7.91. The summed E-state index contributed by atoms with van der Waals surface area (Å²) in [6.07, 6.45) is 2.05. The molecule has 0 rings (SSSR count). The number of sulfone groups is 1. The molecule has 1 amide bonds. The van der Waals surface area contributed by atoms with E-state index < -0.39 is 15.9 Å². The smallest absolute Gasteiger partial charge is 0.407 e. The molecular weight excluding hydrogens is 230 g/mol. The highest BCUT2D eigenvalue weighted by Gasteiger charge is 2.10. The van der Waals surface area contributed by atoms with E-state index >= 15 is 0 Å². The fourth-order valence-corrected chi connectivity index (χ4v) is 2.43. The van der Waals surface area contributed by atoms with Crippen molar-refractivity contribution in [3.63, 3.8) is 0 Å². The molecule has 0 aliphatic heterocycles. The third-order valence-corrected chi connectivity index (χ3v) is 3.75. The van der Waals surface area contributed by atoms with E-state index in [1.807, 2.05) is 6.92 Å². The number of hydrogen-bond acceptors (Lipinski definition) is 4. The lowest BCUT2D eigenvalue weighted by Gasteiger charge is -2.06. The van der Waals surface area contributed by atoms with E-state index in [0.29, 0.717) is 6.42 Å². The standard InChI is InChI=1S/C10H21NO4S/c1-3-5-6-8-16(13,14)9-7-11-10(12)15-4-2/h3-9H2,1-2H3,(H,11,12). The van der Waals surface area contributed by atoms with Crippen LogP contribution in [0, 0.1) is 0 Å². The Hall–Kier alpha value is -0.780. The van der Waals surface area contributed by atoms with Gasteiger partial charge in [-0.3, -0.25) is 0 Å². The van der Waals surface area contributed by atoms with Crippen molar-refractivity contribution in [3.8, 4) is 0 Å². The van der Waals surface area contributed by atoms with E-state index in [1.165, 1.54) is 0 Å². The molecule has 0 fully saturated rings. The SMILES string of the molecule is CCCCCS(=O)(=O)CCNC(=O)OCC. The first-order chi connectivity index (χ1) is 7.52. The highest BCUT2D eigenvalue weighted by atomic mass is 32.2. The van der Waals surface area contributed by atoms with E-state index in [1.54, 1.807) is 6.92 Å². The van der Waals surface area contributed by atoms with Crippen LogP contribution in [0.2, 0.25) is 0 Å². The van der Waals surface area contributed by atoms with Gasteiger partial charge < -0.3 is 10.1 Å². The van der Waals surface area contributed by atoms with Crippen LogP contribution in [0.15, 0.2) is 0 Å². The van der Waals surface area contributed by atoms with Crippen molar-refractivity contribution in [2.45, 2.75) is 33.1 Å². The van der Waals surface area contributed by atoms with E-state index in [4.69, 9.17) is 0 Å². The summed E-state index contributed by atoms with van der Waals surface area (Å²) < 4.78 is 27.5. The number of nitrogens with one attached hydrogen (secondary N) is 1. The molecule has 0 spiro atoms. The van der Waals surface area contributed by atoms with Crippen molar-refractivity contribution >= 4 is 15.9 Å². The molecule has 1 N–H and O–H groups in total. The minimum atomic E-state index is -3.03. The minimum Gasteiger partial charge on any atom is -0.450 e. The van der Waals surface area contributed by atoms with E-state index in [-0.39, 0.29) is 24.7 Å². The Kier molecular flexibility index (Phi) is 7.97. The molecule has 0 aromatic carbocycles. The van der Waals surface area contributed by atoms with Gasteiger partial charge in [0.2, 0.25) is 0 Å². The van der Waals surface area contributed by atoms with E-state index in [0.717, 1.165) is 12.8 Å². The van der Waals surface area contributed by atoms with Crippen molar-refractivity contribution in [3.05, 3.63) is 0 Å². The van der Waals surface area contributed by atoms with Crippen LogP contribution in [0.4, 0.5) is 4.79 Å². The molecule has 6 heteroatoms. The van der Waals surface area contributed by atoms with Gasteiger partial charge in [0.1, 0.15) is 0 Å². The fourth-order valence-electron chi connectivity index (χ4n) is 1.16. The van der Waals surface area contributed by atoms with Crippen LogP contribution < -0.4 is 5.32 Å². The third kappa shape index (κ3) is 8.52. The Labute approximate surface area is 97.5 Å². The van der Waals surface area contributed by atoms with Crippen LogP contribution in [0.1, 0.15) is 33.1 Å². The molecule has 16 heavy (non-hydrogen) atoms. The average molecular weight is 251 g/mol. The van der Waals surface area contributed by atoms with Crippen LogP contribution in [-0.2, 0) is 14.6 Å². The van der Waals surface area contributed by atoms with Gasteiger partial charge in [-0.25, -0.2) is 13.2 Å². The number of hydrogen-bond donors (Lipinski definition) is 1. The van der Waals surface area contributed by atoms with Gasteiger partial charge in [0.15, 0.2) is 9.84 Å². The van der Waals surface area contributed by atoms with Crippen LogP contribution in [0.3, 0.4) is 0 Å². The summed E-state index contributed by atoms with van der Waals surface area (Å²) >= 11 is 0. The highest BCUT2D eigenvalue weighted by Crippen LogP contribution is 1.99. The normalized spacial score (nSPS) is 11.1. The Bertz CT molecular complexity index is 287. The summed E-state index contributed by atoms with van der Waals surface area (Å²) in [4.78, 5) is 10.9. The first-order valence-corrected chi connectivity index (χ1v) is 7.45. The summed E-state index contributed by atoms with van der Waals surface area (Å²) in [7, 11) is -3.03. The number of unbranched alkanes of at least 4 members (excludes halogenated alkanes) is 2. The van der Waals surface area contributed by atoms with Crippen molar-refractivity contribution in [1.29, 1.82) is 0 Å². The predicted octanol–water partition coefficient (Wildman–Crippen LogP) is 1.34. The van der Waals surface area contributed by atoms with Gasteiger partial charge in [0, 0.05) is 6.54 Å². The molecule has 0 unspecified atom stereocenters. The summed E-state index contributed by atoms with van der Waals surface area (Å²) in [6.45, 7) is 4.12. The number of ether oxygens (including phenoxy) is 1. The fraction of sp³-hybridized carbons (Fsp3) is 0.900. The molecule has 0 saturated carbocycles. The van der Waals surface area contributed by atoms with Gasteiger partial charge in [-0.1, -0.05) is 19.8 Å². The van der Waals surface area contributed by atoms with Crippen molar-refractivity contribution < 1.29 is 17.9 Å². The molecule has 5 nitrogen and oxygen atoms in total. The van der Waals surface area contributed by atoms with Gasteiger partial charge in [-0.2, -0.15) is 0 Å². The summed E-state index contributed by atoms with van der Waals surface area (Å²) in [5.74, 6) is 0.181. The van der Waals surface area contributed by atoms with Crippen molar-refractivity contribution in [2.75, 3.05) is 24.7 Å². The first-order valence-electron chi connectivity index (χ1n) is 5.63. The molecule has 0 bridgehead atoms. The zero-order chi connectivity index (χ0) is 12.4. The zero-order valence-corrected chi connectivity index (χ0v) is 10.8. The lowest BCUT2D eigenvalue weighted by atomic mass is 10.3. The topological polar surface area (TPSA) is 72.5 Å². The average Bonchev–Trinajstić information content (AvgIpc) is 2.18. The Balaban J connectivity index is 3.69. The molecular formula is C10H21NO4S.